The van der Waals surface area contributed by atoms with E-state index in [0.717, 1.165) is 11.3 Å². The van der Waals surface area contributed by atoms with Gasteiger partial charge in [0.15, 0.2) is 0 Å². The molecule has 0 bridgehead atoms. The molecule has 2 aromatic rings. The monoisotopic (exact) mass is 380 g/mol. The Kier molecular flexibility index (Phi) is 6.33. The fourth-order valence-corrected chi connectivity index (χ4v) is 4.11. The van der Waals surface area contributed by atoms with Crippen LogP contribution in [-0.2, 0) is 26.1 Å². The number of rotatable bonds is 7. The van der Waals surface area contributed by atoms with E-state index in [1.54, 1.807) is 11.6 Å². The van der Waals surface area contributed by atoms with Crippen molar-refractivity contribution in [2.24, 2.45) is 0 Å². The highest BCUT2D eigenvalue weighted by Crippen LogP contribution is 2.16. The van der Waals surface area contributed by atoms with Crippen molar-refractivity contribution in [3.05, 3.63) is 57.9 Å². The van der Waals surface area contributed by atoms with E-state index in [0.29, 0.717) is 26.2 Å². The van der Waals surface area contributed by atoms with E-state index in [4.69, 9.17) is 9.47 Å². The van der Waals surface area contributed by atoms with E-state index >= 15 is 0 Å². The van der Waals surface area contributed by atoms with E-state index in [9.17, 15) is 8.42 Å². The van der Waals surface area contributed by atoms with Crippen LogP contribution in [-0.4, -0.2) is 38.8 Å². The number of hydrogen-bond acceptors (Lipinski definition) is 6. The largest absolute Gasteiger partial charge is 0.380 e. The van der Waals surface area contributed by atoms with Gasteiger partial charge >= 0.3 is 0 Å². The number of hydrogen-bond donors (Lipinski definition) is 1. The Labute approximate surface area is 151 Å². The molecule has 0 saturated carbocycles. The van der Waals surface area contributed by atoms with Gasteiger partial charge in [0.2, 0.25) is 10.0 Å². The molecule has 0 unspecified atom stereocenters. The molecule has 0 amide bonds. The van der Waals surface area contributed by atoms with Crippen LogP contribution in [0.1, 0.15) is 17.7 Å². The summed E-state index contributed by atoms with van der Waals surface area (Å²) in [6.45, 7) is 1.21. The highest BCUT2D eigenvalue weighted by atomic mass is 32.2. The van der Waals surface area contributed by atoms with Crippen LogP contribution >= 0.6 is 11.3 Å². The minimum absolute atomic E-state index is 0.240. The third-order valence-corrected chi connectivity index (χ3v) is 5.54. The van der Waals surface area contributed by atoms with Crippen molar-refractivity contribution in [3.63, 3.8) is 0 Å². The van der Waals surface area contributed by atoms with E-state index in [1.807, 2.05) is 35.7 Å². The van der Waals surface area contributed by atoms with Gasteiger partial charge in [0.25, 0.3) is 0 Å². The normalized spacial score (nSPS) is 21.6. The van der Waals surface area contributed by atoms with Crippen molar-refractivity contribution < 1.29 is 17.9 Å². The molecule has 25 heavy (non-hydrogen) atoms. The smallest absolute Gasteiger partial charge is 0.234 e. The summed E-state index contributed by atoms with van der Waals surface area (Å²) in [5.41, 5.74) is 3.42. The summed E-state index contributed by atoms with van der Waals surface area (Å²) in [5.74, 6) is 0. The first-order chi connectivity index (χ1) is 12.1. The molecule has 0 radical (unpaired) electrons. The van der Waals surface area contributed by atoms with Gasteiger partial charge in [-0.05, 0) is 18.1 Å². The van der Waals surface area contributed by atoms with E-state index in [2.05, 4.69) is 9.71 Å². The maximum absolute atomic E-state index is 12.3. The lowest BCUT2D eigenvalue weighted by Crippen LogP contribution is -2.49. The zero-order valence-electron chi connectivity index (χ0n) is 13.6. The Morgan fingerprint density at radius 3 is 2.96 bits per heavy atom. The maximum atomic E-state index is 12.3. The first-order valence-electron chi connectivity index (χ1n) is 7.94. The highest BCUT2D eigenvalue weighted by Gasteiger charge is 2.29. The Morgan fingerprint density at radius 1 is 1.36 bits per heavy atom. The van der Waals surface area contributed by atoms with Crippen molar-refractivity contribution in [3.8, 4) is 0 Å². The zero-order valence-corrected chi connectivity index (χ0v) is 15.2. The number of sulfonamides is 1. The molecule has 1 aromatic heterocycles. The molecule has 1 aliphatic rings. The second kappa shape index (κ2) is 8.68. The van der Waals surface area contributed by atoms with E-state index < -0.39 is 16.1 Å². The molecule has 134 valence electrons. The quantitative estimate of drug-likeness (QED) is 0.798. The molecule has 3 rings (SSSR count). The first kappa shape index (κ1) is 18.2. The lowest BCUT2D eigenvalue weighted by atomic mass is 10.1. The minimum atomic E-state index is -3.59. The number of thiazole rings is 1. The second-order valence-corrected chi connectivity index (χ2v) is 7.99. The van der Waals surface area contributed by atoms with Crippen molar-refractivity contribution in [1.29, 1.82) is 0 Å². The predicted octanol–water partition coefficient (Wildman–Crippen LogP) is 2.41. The molecule has 1 aromatic carbocycles. The summed E-state index contributed by atoms with van der Waals surface area (Å²) in [4.78, 5) is 4.18. The molecular formula is C17H20N2O4S2. The summed E-state index contributed by atoms with van der Waals surface area (Å²) in [6.07, 6.45) is 1.96. The average Bonchev–Trinajstić information content (AvgIpc) is 3.14. The van der Waals surface area contributed by atoms with Gasteiger partial charge < -0.3 is 9.47 Å². The Balaban J connectivity index is 1.60. The highest BCUT2D eigenvalue weighted by molar-refractivity contribution is 7.92. The van der Waals surface area contributed by atoms with Gasteiger partial charge in [0.1, 0.15) is 0 Å². The van der Waals surface area contributed by atoms with Crippen LogP contribution in [0.2, 0.25) is 0 Å². The van der Waals surface area contributed by atoms with Crippen molar-refractivity contribution >= 4 is 27.4 Å². The van der Waals surface area contributed by atoms with Crippen molar-refractivity contribution in [1.82, 2.24) is 9.71 Å². The summed E-state index contributed by atoms with van der Waals surface area (Å²) in [5, 5.41) is 3.09. The molecular weight excluding hydrogens is 360 g/mol. The molecule has 1 aliphatic heterocycles. The first-order valence-corrected chi connectivity index (χ1v) is 10.4. The van der Waals surface area contributed by atoms with Crippen LogP contribution in [0.3, 0.4) is 0 Å². The molecule has 0 spiro atoms. The standard InChI is InChI=1S/C17H20N2O4S2/c20-25(21,9-7-14-4-2-1-3-5-14)19-16-11-22-8-6-17(16)23-10-15-12-24-13-18-15/h1-5,7,9,12-13,16-17,19H,6,8,10-11H2/b9-7+/t16-,17+/m1/s1. The predicted molar refractivity (Wildman–Crippen MR) is 97.4 cm³/mol. The molecule has 2 atom stereocenters. The third-order valence-electron chi connectivity index (χ3n) is 3.78. The molecule has 1 fully saturated rings. The van der Waals surface area contributed by atoms with Crippen LogP contribution in [0.15, 0.2) is 46.6 Å². The summed E-state index contributed by atoms with van der Waals surface area (Å²) in [7, 11) is -3.59. The Hall–Kier alpha value is -1.58. The molecule has 0 aliphatic carbocycles. The van der Waals surface area contributed by atoms with Crippen LogP contribution in [0.25, 0.3) is 6.08 Å². The van der Waals surface area contributed by atoms with Crippen molar-refractivity contribution in [2.45, 2.75) is 25.2 Å². The topological polar surface area (TPSA) is 77.5 Å². The lowest BCUT2D eigenvalue weighted by molar-refractivity contribution is -0.0578. The number of nitrogens with one attached hydrogen (secondary N) is 1. The van der Waals surface area contributed by atoms with E-state index in [1.165, 1.54) is 16.7 Å². The van der Waals surface area contributed by atoms with Gasteiger partial charge in [-0.15, -0.1) is 11.3 Å². The van der Waals surface area contributed by atoms with Crippen LogP contribution in [0.5, 0.6) is 0 Å². The fourth-order valence-electron chi connectivity index (χ4n) is 2.51. The molecule has 2 heterocycles. The molecule has 6 nitrogen and oxygen atoms in total. The SMILES string of the molecule is O=S(=O)(/C=C/c1ccccc1)N[C@@H]1COCC[C@@H]1OCc1cscn1. The van der Waals surface area contributed by atoms with E-state index in [-0.39, 0.29) is 6.10 Å². The van der Waals surface area contributed by atoms with Crippen molar-refractivity contribution in [2.75, 3.05) is 13.2 Å². The number of benzene rings is 1. The van der Waals surface area contributed by atoms with Gasteiger partial charge in [-0.1, -0.05) is 30.3 Å². The average molecular weight is 380 g/mol. The molecule has 1 saturated heterocycles. The van der Waals surface area contributed by atoms with Gasteiger partial charge in [-0.3, -0.25) is 0 Å². The molecule has 8 heteroatoms. The van der Waals surface area contributed by atoms with Crippen LogP contribution in [0, 0.1) is 0 Å². The lowest BCUT2D eigenvalue weighted by Gasteiger charge is -2.31. The third kappa shape index (κ3) is 5.72. The van der Waals surface area contributed by atoms with Crippen LogP contribution < -0.4 is 4.72 Å². The van der Waals surface area contributed by atoms with Gasteiger partial charge in [-0.2, -0.15) is 0 Å². The fraction of sp³-hybridized carbons (Fsp3) is 0.353. The molecule has 1 N–H and O–H groups in total. The van der Waals surface area contributed by atoms with Gasteiger partial charge in [-0.25, -0.2) is 18.1 Å². The second-order valence-electron chi connectivity index (χ2n) is 5.68. The summed E-state index contributed by atoms with van der Waals surface area (Å²) in [6, 6.07) is 8.87. The van der Waals surface area contributed by atoms with Gasteiger partial charge in [0.05, 0.1) is 36.6 Å². The number of ether oxygens (including phenoxy) is 2. The van der Waals surface area contributed by atoms with Crippen LogP contribution in [0.4, 0.5) is 0 Å². The number of aromatic nitrogens is 1. The zero-order chi connectivity index (χ0) is 17.5. The Bertz CT molecular complexity index is 776. The number of nitrogens with zero attached hydrogens (tertiary/aromatic N) is 1. The van der Waals surface area contributed by atoms with Gasteiger partial charge in [0, 0.05) is 17.4 Å². The summed E-state index contributed by atoms with van der Waals surface area (Å²) < 4.78 is 38.6. The summed E-state index contributed by atoms with van der Waals surface area (Å²) >= 11 is 1.51. The maximum Gasteiger partial charge on any atom is 0.234 e. The minimum Gasteiger partial charge on any atom is -0.380 e. The Morgan fingerprint density at radius 2 is 2.20 bits per heavy atom.